The van der Waals surface area contributed by atoms with Crippen LogP contribution in [0.2, 0.25) is 0 Å². The van der Waals surface area contributed by atoms with Crippen molar-refractivity contribution < 1.29 is 14.7 Å². The zero-order valence-electron chi connectivity index (χ0n) is 24.6. The Balaban J connectivity index is 1.76. The SMILES string of the molecule is C=Cc1c2[nH]c(c1C)/C=C1\N/C(=C3\c4[nH]c(c(C)c4C(=O)[C@@H]3C(=O)O)/C=c3\[nH]/c(c(C)c3CC)=C\2)[C@@H](CCC)[C@@H]1C. The van der Waals surface area contributed by atoms with Gasteiger partial charge in [-0.1, -0.05) is 39.8 Å². The molecule has 2 aliphatic heterocycles. The third kappa shape index (κ3) is 3.85. The number of nitrogens with one attached hydrogen (secondary N) is 4. The van der Waals surface area contributed by atoms with E-state index in [1.807, 2.05) is 13.0 Å². The molecule has 6 rings (SSSR count). The number of carbonyl (C=O) groups is 2. The van der Waals surface area contributed by atoms with E-state index in [1.54, 1.807) is 0 Å². The smallest absolute Gasteiger partial charge is 0.319 e. The maximum absolute atomic E-state index is 13.8. The van der Waals surface area contributed by atoms with E-state index >= 15 is 0 Å². The van der Waals surface area contributed by atoms with Crippen molar-refractivity contribution in [3.63, 3.8) is 0 Å². The standard InChI is InChI=1S/C34H38N4O3/c1-8-11-21-17(6)24-12-22-15(4)19(9-2)26(35-22)13-23-16(5)20(10-3)27(36-23)14-25-18(7)28-32(38-25)29(31(21)37-24)30(33(28)39)34(40)41/h9,12-14,17,21,30,35-38H,2,8,10-11H2,1,3-7H3,(H,40,41)/b23-13-,24-12-,27-14-,31-29-/t17-,21-,30+/m0/s1. The molecule has 1 saturated heterocycles. The molecule has 5 heterocycles. The number of ketones is 1. The number of fused-ring (bicyclic) bond motifs is 7. The van der Waals surface area contributed by atoms with Gasteiger partial charge < -0.3 is 25.4 Å². The van der Waals surface area contributed by atoms with Gasteiger partial charge in [-0.2, -0.15) is 0 Å². The van der Waals surface area contributed by atoms with Gasteiger partial charge in [0.25, 0.3) is 0 Å². The molecule has 7 nitrogen and oxygen atoms in total. The molecule has 3 aliphatic rings. The summed E-state index contributed by atoms with van der Waals surface area (Å²) < 4.78 is 0. The van der Waals surface area contributed by atoms with Crippen molar-refractivity contribution in [2.24, 2.45) is 17.8 Å². The van der Waals surface area contributed by atoms with Crippen LogP contribution < -0.4 is 16.0 Å². The minimum absolute atomic E-state index is 0.0635. The predicted octanol–water partition coefficient (Wildman–Crippen LogP) is 5.08. The Kier molecular flexibility index (Phi) is 6.36. The summed E-state index contributed by atoms with van der Waals surface area (Å²) in [5.74, 6) is -2.51. The Morgan fingerprint density at radius 2 is 1.68 bits per heavy atom. The van der Waals surface area contributed by atoms with E-state index in [-0.39, 0.29) is 17.6 Å². The average Bonchev–Trinajstić information content (AvgIpc) is 3.66. The summed E-state index contributed by atoms with van der Waals surface area (Å²) in [5, 5.41) is 15.9. The molecular weight excluding hydrogens is 512 g/mol. The van der Waals surface area contributed by atoms with Crippen LogP contribution in [0.3, 0.4) is 0 Å². The third-order valence-electron chi connectivity index (χ3n) is 9.49. The van der Waals surface area contributed by atoms with Crippen LogP contribution in [0.25, 0.3) is 29.9 Å². The van der Waals surface area contributed by atoms with Gasteiger partial charge in [0.15, 0.2) is 5.78 Å². The fourth-order valence-corrected chi connectivity index (χ4v) is 7.20. The number of hydrogen-bond donors (Lipinski definition) is 5. The first-order chi connectivity index (χ1) is 19.6. The molecule has 3 atom stereocenters. The highest BCUT2D eigenvalue weighted by atomic mass is 16.4. The topological polar surface area (TPSA) is 114 Å². The van der Waals surface area contributed by atoms with Gasteiger partial charge in [-0.3, -0.25) is 9.59 Å². The van der Waals surface area contributed by atoms with Crippen molar-refractivity contribution in [1.82, 2.24) is 20.3 Å². The number of H-pyrrole nitrogens is 3. The number of carboxylic acid groups (broad SMARTS) is 1. The van der Waals surface area contributed by atoms with Gasteiger partial charge in [0.2, 0.25) is 0 Å². The molecule has 0 amide bonds. The van der Waals surface area contributed by atoms with E-state index in [0.29, 0.717) is 16.8 Å². The first-order valence-corrected chi connectivity index (χ1v) is 14.6. The van der Waals surface area contributed by atoms with Crippen LogP contribution in [-0.4, -0.2) is 31.8 Å². The molecule has 0 unspecified atom stereocenters. The number of carbonyl (C=O) groups excluding carboxylic acids is 1. The first kappa shape index (κ1) is 26.9. The largest absolute Gasteiger partial charge is 0.480 e. The summed E-state index contributed by atoms with van der Waals surface area (Å²) in [4.78, 5) is 37.1. The molecule has 1 aliphatic carbocycles. The molecule has 0 radical (unpaired) electrons. The fraction of sp³-hybridized carbons (Fsp3) is 0.353. The number of aromatic amines is 3. The van der Waals surface area contributed by atoms with Crippen LogP contribution in [0.15, 0.2) is 18.0 Å². The number of allylic oxidation sites excluding steroid dienone is 2. The van der Waals surface area contributed by atoms with Gasteiger partial charge in [0, 0.05) is 67.7 Å². The summed E-state index contributed by atoms with van der Waals surface area (Å²) in [6.07, 6.45) is 10.9. The normalized spacial score (nSPS) is 25.7. The van der Waals surface area contributed by atoms with Crippen LogP contribution in [-0.2, 0) is 11.2 Å². The maximum Gasteiger partial charge on any atom is 0.319 e. The Morgan fingerprint density at radius 3 is 2.34 bits per heavy atom. The van der Waals surface area contributed by atoms with Gasteiger partial charge >= 0.3 is 5.97 Å². The molecule has 0 saturated carbocycles. The lowest BCUT2D eigenvalue weighted by atomic mass is 9.85. The molecule has 0 spiro atoms. The van der Waals surface area contributed by atoms with Crippen LogP contribution in [0.4, 0.5) is 0 Å². The Hall–Kier alpha value is -4.26. The number of hydrogen-bond acceptors (Lipinski definition) is 3. The lowest BCUT2D eigenvalue weighted by Crippen LogP contribution is -2.23. The highest BCUT2D eigenvalue weighted by Gasteiger charge is 2.47. The van der Waals surface area contributed by atoms with Crippen LogP contribution in [0, 0.1) is 38.5 Å². The number of aliphatic carboxylic acids is 1. The summed E-state index contributed by atoms with van der Waals surface area (Å²) >= 11 is 0. The first-order valence-electron chi connectivity index (χ1n) is 14.6. The monoisotopic (exact) mass is 550 g/mol. The molecule has 212 valence electrons. The Labute approximate surface area is 239 Å². The van der Waals surface area contributed by atoms with E-state index in [1.165, 1.54) is 11.1 Å². The fourth-order valence-electron chi connectivity index (χ4n) is 7.20. The number of rotatable bonds is 5. The Morgan fingerprint density at radius 1 is 0.976 bits per heavy atom. The van der Waals surface area contributed by atoms with Crippen LogP contribution in [0.5, 0.6) is 0 Å². The van der Waals surface area contributed by atoms with Gasteiger partial charge in [0.1, 0.15) is 5.92 Å². The van der Waals surface area contributed by atoms with E-state index < -0.39 is 11.9 Å². The zero-order chi connectivity index (χ0) is 29.3. The zero-order valence-corrected chi connectivity index (χ0v) is 24.6. The highest BCUT2D eigenvalue weighted by Crippen LogP contribution is 2.48. The second kappa shape index (κ2) is 9.68. The number of carboxylic acids is 1. The molecule has 3 aromatic rings. The number of aromatic nitrogens is 3. The van der Waals surface area contributed by atoms with Crippen molar-refractivity contribution in [3.8, 4) is 0 Å². The molecule has 41 heavy (non-hydrogen) atoms. The van der Waals surface area contributed by atoms with Crippen molar-refractivity contribution in [2.75, 3.05) is 0 Å². The van der Waals surface area contributed by atoms with Crippen molar-refractivity contribution in [2.45, 2.75) is 60.8 Å². The minimum atomic E-state index is -1.23. The predicted molar refractivity (Wildman–Crippen MR) is 163 cm³/mol. The lowest BCUT2D eigenvalue weighted by molar-refractivity contribution is -0.138. The van der Waals surface area contributed by atoms with E-state index in [0.717, 1.165) is 75.1 Å². The average molecular weight is 551 g/mol. The molecular formula is C34H38N4O3. The van der Waals surface area contributed by atoms with Gasteiger partial charge in [-0.05, 0) is 74.1 Å². The van der Waals surface area contributed by atoms with E-state index in [4.69, 9.17) is 0 Å². The lowest BCUT2D eigenvalue weighted by Gasteiger charge is -2.18. The summed E-state index contributed by atoms with van der Waals surface area (Å²) in [7, 11) is 0. The summed E-state index contributed by atoms with van der Waals surface area (Å²) in [6.45, 7) is 16.7. The second-order valence-corrected chi connectivity index (χ2v) is 11.7. The third-order valence-corrected chi connectivity index (χ3v) is 9.49. The summed E-state index contributed by atoms with van der Waals surface area (Å²) in [6, 6.07) is 0. The molecule has 1 fully saturated rings. The Bertz CT molecular complexity index is 1840. The molecule has 8 bridgehead atoms. The van der Waals surface area contributed by atoms with Crippen molar-refractivity contribution in [1.29, 1.82) is 0 Å². The molecule has 0 aromatic carbocycles. The van der Waals surface area contributed by atoms with Gasteiger partial charge in [-0.15, -0.1) is 0 Å². The molecule has 3 aromatic heterocycles. The molecule has 7 heteroatoms. The van der Waals surface area contributed by atoms with E-state index in [2.05, 4.69) is 79.7 Å². The van der Waals surface area contributed by atoms with Crippen LogP contribution >= 0.6 is 0 Å². The molecule has 5 N–H and O–H groups in total. The highest BCUT2D eigenvalue weighted by molar-refractivity contribution is 6.24. The quantitative estimate of drug-likeness (QED) is 0.285. The second-order valence-electron chi connectivity index (χ2n) is 11.7. The minimum Gasteiger partial charge on any atom is -0.480 e. The van der Waals surface area contributed by atoms with Crippen LogP contribution in [0.1, 0.15) is 94.6 Å². The maximum atomic E-state index is 13.8. The van der Waals surface area contributed by atoms with Gasteiger partial charge in [-0.25, -0.2) is 0 Å². The van der Waals surface area contributed by atoms with E-state index in [9.17, 15) is 14.7 Å². The number of Topliss-reactive ketones (excluding diaryl/α,β-unsaturated/α-hetero) is 1. The van der Waals surface area contributed by atoms with Crippen molar-refractivity contribution >= 4 is 41.6 Å². The van der Waals surface area contributed by atoms with Gasteiger partial charge in [0.05, 0.1) is 5.69 Å². The summed E-state index contributed by atoms with van der Waals surface area (Å²) in [5.41, 5.74) is 11.6. The van der Waals surface area contributed by atoms with Crippen molar-refractivity contribution in [3.05, 3.63) is 84.8 Å².